The Kier molecular flexibility index (Phi) is 5.90. The second kappa shape index (κ2) is 7.70. The van der Waals surface area contributed by atoms with Crippen molar-refractivity contribution in [2.24, 2.45) is 0 Å². The van der Waals surface area contributed by atoms with Gasteiger partial charge in [-0.2, -0.15) is 0 Å². The number of benzene rings is 1. The zero-order valence-corrected chi connectivity index (χ0v) is 14.1. The summed E-state index contributed by atoms with van der Waals surface area (Å²) in [4.78, 5) is 36.9. The second-order valence-corrected chi connectivity index (χ2v) is 6.53. The Balaban J connectivity index is 2.08. The Bertz CT molecular complexity index is 638. The fraction of sp³-hybridized carbons (Fsp3) is 0.400. The molecule has 8 heteroatoms. The Labute approximate surface area is 143 Å². The number of halogens is 1. The van der Waals surface area contributed by atoms with Gasteiger partial charge in [0.05, 0.1) is 16.5 Å². The summed E-state index contributed by atoms with van der Waals surface area (Å²) in [7, 11) is 0. The molecule has 0 saturated carbocycles. The first-order valence-corrected chi connectivity index (χ1v) is 8.68. The molecule has 1 unspecified atom stereocenters. The van der Waals surface area contributed by atoms with Crippen LogP contribution in [0.2, 0.25) is 5.02 Å². The lowest BCUT2D eigenvalue weighted by Crippen LogP contribution is -2.44. The summed E-state index contributed by atoms with van der Waals surface area (Å²) < 4.78 is 0. The van der Waals surface area contributed by atoms with Gasteiger partial charge in [-0.15, -0.1) is 11.8 Å². The lowest BCUT2D eigenvalue weighted by atomic mass is 10.2. The molecular formula is C15H17ClN2O4S. The van der Waals surface area contributed by atoms with E-state index in [-0.39, 0.29) is 22.4 Å². The highest BCUT2D eigenvalue weighted by Gasteiger charge is 2.34. The van der Waals surface area contributed by atoms with Crippen LogP contribution in [-0.4, -0.2) is 45.5 Å². The molecule has 1 atom stereocenters. The van der Waals surface area contributed by atoms with Crippen molar-refractivity contribution in [2.75, 3.05) is 16.9 Å². The average Bonchev–Trinajstić information content (AvgIpc) is 2.96. The van der Waals surface area contributed by atoms with E-state index in [1.54, 1.807) is 4.90 Å². The summed E-state index contributed by atoms with van der Waals surface area (Å²) in [5, 5.41) is 11.7. The van der Waals surface area contributed by atoms with Crippen LogP contribution in [0.15, 0.2) is 18.2 Å². The number of carbonyl (C=O) groups excluding carboxylic acids is 2. The van der Waals surface area contributed by atoms with Gasteiger partial charge in [-0.3, -0.25) is 9.59 Å². The number of carboxylic acid groups (broad SMARTS) is 1. The number of aromatic carboxylic acids is 1. The minimum absolute atomic E-state index is 0.0270. The SMILES string of the molecule is CCCC(=O)N1CSCC1C(=O)Nc1ccc(C(=O)O)c(Cl)c1. The molecule has 23 heavy (non-hydrogen) atoms. The largest absolute Gasteiger partial charge is 0.478 e. The van der Waals surface area contributed by atoms with E-state index < -0.39 is 12.0 Å². The van der Waals surface area contributed by atoms with Crippen molar-refractivity contribution < 1.29 is 19.5 Å². The molecule has 1 aromatic carbocycles. The molecule has 0 aromatic heterocycles. The molecule has 1 aromatic rings. The summed E-state index contributed by atoms with van der Waals surface area (Å²) in [6, 6.07) is 3.69. The van der Waals surface area contributed by atoms with E-state index in [1.165, 1.54) is 30.0 Å². The van der Waals surface area contributed by atoms with Crippen molar-refractivity contribution in [3.05, 3.63) is 28.8 Å². The van der Waals surface area contributed by atoms with E-state index in [0.717, 1.165) is 6.42 Å². The third-order valence-electron chi connectivity index (χ3n) is 3.44. The molecule has 2 amide bonds. The van der Waals surface area contributed by atoms with Crippen molar-refractivity contribution in [3.8, 4) is 0 Å². The van der Waals surface area contributed by atoms with Gasteiger partial charge in [-0.1, -0.05) is 18.5 Å². The molecule has 1 aliphatic heterocycles. The standard InChI is InChI=1S/C15H17ClN2O4S/c1-2-3-13(19)18-8-23-7-12(18)14(20)17-9-4-5-10(15(21)22)11(16)6-9/h4-6,12H,2-3,7-8H2,1H3,(H,17,20)(H,21,22). The van der Waals surface area contributed by atoms with E-state index in [9.17, 15) is 14.4 Å². The molecule has 0 radical (unpaired) electrons. The van der Waals surface area contributed by atoms with Crippen LogP contribution in [0.5, 0.6) is 0 Å². The van der Waals surface area contributed by atoms with E-state index in [2.05, 4.69) is 5.32 Å². The molecule has 2 N–H and O–H groups in total. The predicted molar refractivity (Wildman–Crippen MR) is 89.9 cm³/mol. The van der Waals surface area contributed by atoms with Gasteiger partial charge in [0.15, 0.2) is 0 Å². The quantitative estimate of drug-likeness (QED) is 0.847. The first kappa shape index (κ1) is 17.6. The maximum Gasteiger partial charge on any atom is 0.337 e. The van der Waals surface area contributed by atoms with Crippen LogP contribution in [0, 0.1) is 0 Å². The molecular weight excluding hydrogens is 340 g/mol. The third-order valence-corrected chi connectivity index (χ3v) is 4.76. The number of carboxylic acids is 1. The number of rotatable bonds is 5. The number of hydrogen-bond acceptors (Lipinski definition) is 4. The van der Waals surface area contributed by atoms with Crippen LogP contribution in [0.1, 0.15) is 30.1 Å². The number of carbonyl (C=O) groups is 3. The van der Waals surface area contributed by atoms with Gasteiger partial charge in [-0.05, 0) is 24.6 Å². The highest BCUT2D eigenvalue weighted by Crippen LogP contribution is 2.25. The van der Waals surface area contributed by atoms with Gasteiger partial charge in [-0.25, -0.2) is 4.79 Å². The lowest BCUT2D eigenvalue weighted by Gasteiger charge is -2.23. The molecule has 0 spiro atoms. The first-order chi connectivity index (χ1) is 10.9. The van der Waals surface area contributed by atoms with Crippen molar-refractivity contribution in [3.63, 3.8) is 0 Å². The molecule has 2 rings (SSSR count). The van der Waals surface area contributed by atoms with Gasteiger partial charge in [0.2, 0.25) is 11.8 Å². The molecule has 124 valence electrons. The predicted octanol–water partition coefficient (Wildman–Crippen LogP) is 2.68. The summed E-state index contributed by atoms with van der Waals surface area (Å²) in [5.74, 6) is -0.399. The molecule has 1 fully saturated rings. The Morgan fingerprint density at radius 3 is 2.78 bits per heavy atom. The van der Waals surface area contributed by atoms with Gasteiger partial charge in [0.25, 0.3) is 0 Å². The number of hydrogen-bond donors (Lipinski definition) is 2. The van der Waals surface area contributed by atoms with Crippen LogP contribution in [-0.2, 0) is 9.59 Å². The normalized spacial score (nSPS) is 17.1. The fourth-order valence-corrected chi connectivity index (χ4v) is 3.70. The fourth-order valence-electron chi connectivity index (χ4n) is 2.26. The van der Waals surface area contributed by atoms with Gasteiger partial charge >= 0.3 is 5.97 Å². The number of nitrogens with zero attached hydrogens (tertiary/aromatic N) is 1. The van der Waals surface area contributed by atoms with Crippen LogP contribution in [0.25, 0.3) is 0 Å². The number of thioether (sulfide) groups is 1. The Morgan fingerprint density at radius 1 is 1.43 bits per heavy atom. The molecule has 1 heterocycles. The summed E-state index contributed by atoms with van der Waals surface area (Å²) >= 11 is 7.42. The molecule has 0 bridgehead atoms. The highest BCUT2D eigenvalue weighted by atomic mass is 35.5. The van der Waals surface area contributed by atoms with Crippen molar-refractivity contribution >= 4 is 46.8 Å². The van der Waals surface area contributed by atoms with E-state index in [1.807, 2.05) is 6.92 Å². The van der Waals surface area contributed by atoms with Crippen LogP contribution < -0.4 is 5.32 Å². The molecule has 6 nitrogen and oxygen atoms in total. The topological polar surface area (TPSA) is 86.7 Å². The minimum atomic E-state index is -1.13. The average molecular weight is 357 g/mol. The van der Waals surface area contributed by atoms with E-state index >= 15 is 0 Å². The maximum absolute atomic E-state index is 12.4. The van der Waals surface area contributed by atoms with E-state index in [4.69, 9.17) is 16.7 Å². The maximum atomic E-state index is 12.4. The van der Waals surface area contributed by atoms with Gasteiger partial charge in [0, 0.05) is 17.9 Å². The van der Waals surface area contributed by atoms with Crippen molar-refractivity contribution in [2.45, 2.75) is 25.8 Å². The minimum Gasteiger partial charge on any atom is -0.478 e. The second-order valence-electron chi connectivity index (χ2n) is 5.12. The zero-order valence-electron chi connectivity index (χ0n) is 12.5. The molecule has 0 aliphatic carbocycles. The first-order valence-electron chi connectivity index (χ1n) is 7.15. The van der Waals surface area contributed by atoms with Crippen LogP contribution in [0.3, 0.4) is 0 Å². The monoisotopic (exact) mass is 356 g/mol. The molecule has 1 saturated heterocycles. The van der Waals surface area contributed by atoms with Crippen molar-refractivity contribution in [1.82, 2.24) is 4.90 Å². The Hall–Kier alpha value is -1.73. The van der Waals surface area contributed by atoms with Gasteiger partial charge < -0.3 is 15.3 Å². The van der Waals surface area contributed by atoms with Crippen LogP contribution in [0.4, 0.5) is 5.69 Å². The zero-order chi connectivity index (χ0) is 17.0. The third kappa shape index (κ3) is 4.17. The number of amides is 2. The van der Waals surface area contributed by atoms with E-state index in [0.29, 0.717) is 23.7 Å². The van der Waals surface area contributed by atoms with Gasteiger partial charge in [0.1, 0.15) is 6.04 Å². The summed E-state index contributed by atoms with van der Waals surface area (Å²) in [5.41, 5.74) is 0.380. The van der Waals surface area contributed by atoms with Crippen LogP contribution >= 0.6 is 23.4 Å². The lowest BCUT2D eigenvalue weighted by molar-refractivity contribution is -0.136. The highest BCUT2D eigenvalue weighted by molar-refractivity contribution is 7.99. The van der Waals surface area contributed by atoms with Crippen molar-refractivity contribution in [1.29, 1.82) is 0 Å². The number of nitrogens with one attached hydrogen (secondary N) is 1. The molecule has 1 aliphatic rings. The number of anilines is 1. The smallest absolute Gasteiger partial charge is 0.337 e. The summed E-state index contributed by atoms with van der Waals surface area (Å²) in [6.45, 7) is 1.92. The summed E-state index contributed by atoms with van der Waals surface area (Å²) in [6.07, 6.45) is 1.16. The Morgan fingerprint density at radius 2 is 2.17 bits per heavy atom.